The first kappa shape index (κ1) is 14.7. The van der Waals surface area contributed by atoms with Crippen molar-refractivity contribution in [3.8, 4) is 0 Å². The summed E-state index contributed by atoms with van der Waals surface area (Å²) in [6, 6.07) is 7.32. The highest BCUT2D eigenvalue weighted by molar-refractivity contribution is 8.00. The number of nitrogen functional groups attached to an aromatic ring is 1. The molecule has 2 atom stereocenters. The van der Waals surface area contributed by atoms with E-state index in [1.807, 2.05) is 18.2 Å². The fourth-order valence-corrected chi connectivity index (χ4v) is 3.51. The molecule has 2 N–H and O–H groups in total. The Labute approximate surface area is 121 Å². The van der Waals surface area contributed by atoms with Gasteiger partial charge in [-0.25, -0.2) is 0 Å². The van der Waals surface area contributed by atoms with Crippen molar-refractivity contribution in [3.05, 3.63) is 24.3 Å². The quantitative estimate of drug-likeness (QED) is 0.521. The number of hydrogen-bond donors (Lipinski definition) is 1. The first-order valence-electron chi connectivity index (χ1n) is 6.18. The highest BCUT2D eigenvalue weighted by Crippen LogP contribution is 2.44. The first-order chi connectivity index (χ1) is 9.36. The van der Waals surface area contributed by atoms with E-state index in [1.165, 1.54) is 18.9 Å². The van der Waals surface area contributed by atoms with Gasteiger partial charge >= 0.3 is 11.9 Å². The summed E-state index contributed by atoms with van der Waals surface area (Å²) >= 11 is 1.37. The predicted octanol–water partition coefficient (Wildman–Crippen LogP) is 1.85. The molecular formula is C14H17NO4S. The van der Waals surface area contributed by atoms with Gasteiger partial charge in [-0.15, -0.1) is 11.8 Å². The zero-order valence-corrected chi connectivity index (χ0v) is 12.4. The molecule has 6 heteroatoms. The molecule has 0 radical (unpaired) electrons. The molecule has 1 aliphatic rings. The third-order valence-electron chi connectivity index (χ3n) is 3.23. The van der Waals surface area contributed by atoms with Gasteiger partial charge in [0.25, 0.3) is 0 Å². The maximum Gasteiger partial charge on any atom is 0.322 e. The molecular weight excluding hydrogens is 278 g/mol. The van der Waals surface area contributed by atoms with Crippen LogP contribution in [0.4, 0.5) is 5.69 Å². The van der Waals surface area contributed by atoms with Crippen LogP contribution < -0.4 is 5.73 Å². The molecule has 0 amide bonds. The minimum absolute atomic E-state index is 0.382. The highest BCUT2D eigenvalue weighted by Gasteiger charge is 2.54. The summed E-state index contributed by atoms with van der Waals surface area (Å²) in [5, 5.41) is -0.382. The number of esters is 2. The number of hydrogen-bond acceptors (Lipinski definition) is 6. The molecule has 0 saturated carbocycles. The van der Waals surface area contributed by atoms with Gasteiger partial charge in [0, 0.05) is 10.6 Å². The molecule has 1 fully saturated rings. The van der Waals surface area contributed by atoms with Gasteiger partial charge in [-0.3, -0.25) is 9.59 Å². The van der Waals surface area contributed by atoms with Crippen LogP contribution in [0.1, 0.15) is 13.8 Å². The molecule has 1 aliphatic heterocycles. The number of carbonyl (C=O) groups is 2. The van der Waals surface area contributed by atoms with E-state index in [4.69, 9.17) is 15.2 Å². The minimum Gasteiger partial charge on any atom is -0.468 e. The average molecular weight is 295 g/mol. The highest BCUT2D eigenvalue weighted by atomic mass is 32.2. The Balaban J connectivity index is 2.33. The molecule has 1 aromatic carbocycles. The summed E-state index contributed by atoms with van der Waals surface area (Å²) in [7, 11) is 1.26. The summed E-state index contributed by atoms with van der Waals surface area (Å²) in [6.07, 6.45) is 0. The summed E-state index contributed by atoms with van der Waals surface area (Å²) in [6.45, 7) is 3.56. The van der Waals surface area contributed by atoms with Crippen molar-refractivity contribution in [1.29, 1.82) is 0 Å². The van der Waals surface area contributed by atoms with Crippen LogP contribution >= 0.6 is 11.8 Å². The molecule has 0 aromatic heterocycles. The SMILES string of the molecule is COC(=O)C1C(=O)OC(C)(C)C1Sc1ccccc1N. The molecule has 0 spiro atoms. The topological polar surface area (TPSA) is 78.6 Å². The molecule has 1 saturated heterocycles. The standard InChI is InChI=1S/C14H17NO4S/c1-14(2)11(10(12(16)18-3)13(17)19-14)20-9-7-5-4-6-8(9)15/h4-7,10-11H,15H2,1-3H3. The number of para-hydroxylation sites is 1. The minimum atomic E-state index is -0.931. The second kappa shape index (κ2) is 5.36. The fourth-order valence-electron chi connectivity index (χ4n) is 2.19. The van der Waals surface area contributed by atoms with Crippen molar-refractivity contribution in [2.45, 2.75) is 29.6 Å². The monoisotopic (exact) mass is 295 g/mol. The van der Waals surface area contributed by atoms with E-state index < -0.39 is 23.5 Å². The maximum absolute atomic E-state index is 11.9. The molecule has 2 unspecified atom stereocenters. The van der Waals surface area contributed by atoms with Gasteiger partial charge < -0.3 is 15.2 Å². The Kier molecular flexibility index (Phi) is 3.94. The van der Waals surface area contributed by atoms with Gasteiger partial charge in [-0.2, -0.15) is 0 Å². The number of methoxy groups -OCH3 is 1. The van der Waals surface area contributed by atoms with Crippen molar-refractivity contribution in [2.75, 3.05) is 12.8 Å². The van der Waals surface area contributed by atoms with Gasteiger partial charge in [0.05, 0.1) is 12.4 Å². The first-order valence-corrected chi connectivity index (χ1v) is 7.06. The zero-order valence-electron chi connectivity index (χ0n) is 11.6. The molecule has 20 heavy (non-hydrogen) atoms. The Morgan fingerprint density at radius 1 is 1.40 bits per heavy atom. The lowest BCUT2D eigenvalue weighted by Crippen LogP contribution is -2.36. The Morgan fingerprint density at radius 3 is 2.65 bits per heavy atom. The van der Waals surface area contributed by atoms with E-state index >= 15 is 0 Å². The van der Waals surface area contributed by atoms with E-state index in [0.717, 1.165) is 4.90 Å². The summed E-state index contributed by atoms with van der Waals surface area (Å²) in [5.41, 5.74) is 5.76. The molecule has 0 bridgehead atoms. The molecule has 2 rings (SSSR count). The molecule has 108 valence electrons. The Bertz CT molecular complexity index is 544. The van der Waals surface area contributed by atoms with Crippen LogP contribution in [0, 0.1) is 5.92 Å². The van der Waals surface area contributed by atoms with Crippen LogP contribution in [0.25, 0.3) is 0 Å². The number of anilines is 1. The van der Waals surface area contributed by atoms with Gasteiger partial charge in [-0.1, -0.05) is 12.1 Å². The van der Waals surface area contributed by atoms with Gasteiger partial charge in [-0.05, 0) is 26.0 Å². The fraction of sp³-hybridized carbons (Fsp3) is 0.429. The van der Waals surface area contributed by atoms with Crippen LogP contribution in [-0.4, -0.2) is 29.9 Å². The van der Waals surface area contributed by atoms with E-state index in [0.29, 0.717) is 5.69 Å². The van der Waals surface area contributed by atoms with Crippen molar-refractivity contribution >= 4 is 29.4 Å². The van der Waals surface area contributed by atoms with E-state index in [2.05, 4.69) is 0 Å². The second-order valence-corrected chi connectivity index (χ2v) is 6.29. The lowest BCUT2D eigenvalue weighted by molar-refractivity contribution is -0.156. The lowest BCUT2D eigenvalue weighted by atomic mass is 9.97. The summed E-state index contributed by atoms with van der Waals surface area (Å²) in [4.78, 5) is 24.6. The van der Waals surface area contributed by atoms with Gasteiger partial charge in [0.2, 0.25) is 0 Å². The van der Waals surface area contributed by atoms with Crippen molar-refractivity contribution in [3.63, 3.8) is 0 Å². The van der Waals surface area contributed by atoms with E-state index in [1.54, 1.807) is 19.9 Å². The number of ether oxygens (including phenoxy) is 2. The third-order valence-corrected chi connectivity index (χ3v) is 4.95. The largest absolute Gasteiger partial charge is 0.468 e. The van der Waals surface area contributed by atoms with E-state index in [9.17, 15) is 9.59 Å². The predicted molar refractivity (Wildman–Crippen MR) is 76.2 cm³/mol. The van der Waals surface area contributed by atoms with Crippen LogP contribution in [0.5, 0.6) is 0 Å². The smallest absolute Gasteiger partial charge is 0.322 e. The number of carbonyl (C=O) groups excluding carboxylic acids is 2. The Hall–Kier alpha value is -1.69. The van der Waals surface area contributed by atoms with Crippen LogP contribution in [-0.2, 0) is 19.1 Å². The summed E-state index contributed by atoms with van der Waals surface area (Å²) in [5.74, 6) is -2.05. The zero-order chi connectivity index (χ0) is 14.9. The number of rotatable bonds is 3. The maximum atomic E-state index is 11.9. The van der Waals surface area contributed by atoms with Gasteiger partial charge in [0.15, 0.2) is 5.92 Å². The number of cyclic esters (lactones) is 1. The molecule has 1 aromatic rings. The van der Waals surface area contributed by atoms with E-state index in [-0.39, 0.29) is 5.25 Å². The van der Waals surface area contributed by atoms with Crippen LogP contribution in [0.2, 0.25) is 0 Å². The van der Waals surface area contributed by atoms with Crippen molar-refractivity contribution in [1.82, 2.24) is 0 Å². The number of thioether (sulfide) groups is 1. The van der Waals surface area contributed by atoms with Crippen molar-refractivity contribution < 1.29 is 19.1 Å². The van der Waals surface area contributed by atoms with Crippen LogP contribution in [0.15, 0.2) is 29.2 Å². The number of benzene rings is 1. The number of nitrogens with two attached hydrogens (primary N) is 1. The summed E-state index contributed by atoms with van der Waals surface area (Å²) < 4.78 is 10.0. The van der Waals surface area contributed by atoms with Gasteiger partial charge in [0.1, 0.15) is 5.60 Å². The van der Waals surface area contributed by atoms with Crippen LogP contribution in [0.3, 0.4) is 0 Å². The average Bonchev–Trinajstić information content (AvgIpc) is 2.61. The normalized spacial score (nSPS) is 24.2. The molecule has 0 aliphatic carbocycles. The molecule has 1 heterocycles. The lowest BCUT2D eigenvalue weighted by Gasteiger charge is -2.26. The van der Waals surface area contributed by atoms with Crippen molar-refractivity contribution in [2.24, 2.45) is 5.92 Å². The molecule has 5 nitrogen and oxygen atoms in total. The third kappa shape index (κ3) is 2.60. The second-order valence-electron chi connectivity index (χ2n) is 5.10. The Morgan fingerprint density at radius 2 is 2.05 bits per heavy atom.